The lowest BCUT2D eigenvalue weighted by Gasteiger charge is -2.15. The number of rotatable bonds is 6. The van der Waals surface area contributed by atoms with Crippen molar-refractivity contribution < 1.29 is 22.8 Å². The highest BCUT2D eigenvalue weighted by atomic mass is 35.5. The largest absolute Gasteiger partial charge is 0.343 e. The lowest BCUT2D eigenvalue weighted by Crippen LogP contribution is -2.46. The summed E-state index contributed by atoms with van der Waals surface area (Å²) in [6.45, 7) is 0.555. The van der Waals surface area contributed by atoms with Gasteiger partial charge >= 0.3 is 0 Å². The number of halogens is 2. The molecule has 0 aromatic heterocycles. The Morgan fingerprint density at radius 3 is 2.19 bits per heavy atom. The SMILES string of the molecule is O=C(CNC(=O)c1ccc(Cl)cc1Cl)NNC(=O)c1ccc(S(=O)(=O)N2CCCC2)cc1. The lowest BCUT2D eigenvalue weighted by atomic mass is 10.2. The third kappa shape index (κ3) is 5.77. The summed E-state index contributed by atoms with van der Waals surface area (Å²) in [5.74, 6) is -1.90. The van der Waals surface area contributed by atoms with Crippen molar-refractivity contribution in [3.05, 3.63) is 63.6 Å². The van der Waals surface area contributed by atoms with Gasteiger partial charge in [-0.1, -0.05) is 23.2 Å². The lowest BCUT2D eigenvalue weighted by molar-refractivity contribution is -0.120. The number of amides is 3. The highest BCUT2D eigenvalue weighted by Gasteiger charge is 2.27. The van der Waals surface area contributed by atoms with E-state index >= 15 is 0 Å². The minimum Gasteiger partial charge on any atom is -0.343 e. The number of sulfonamides is 1. The summed E-state index contributed by atoms with van der Waals surface area (Å²) in [5.41, 5.74) is 4.67. The van der Waals surface area contributed by atoms with E-state index in [9.17, 15) is 22.8 Å². The van der Waals surface area contributed by atoms with Gasteiger partial charge in [-0.2, -0.15) is 4.31 Å². The van der Waals surface area contributed by atoms with Crippen LogP contribution >= 0.6 is 23.2 Å². The molecule has 9 nitrogen and oxygen atoms in total. The van der Waals surface area contributed by atoms with Gasteiger partial charge in [0.15, 0.2) is 0 Å². The number of hydrazine groups is 1. The van der Waals surface area contributed by atoms with E-state index in [1.54, 1.807) is 0 Å². The smallest absolute Gasteiger partial charge is 0.269 e. The molecule has 0 bridgehead atoms. The van der Waals surface area contributed by atoms with Gasteiger partial charge in [-0.15, -0.1) is 0 Å². The van der Waals surface area contributed by atoms with E-state index in [1.807, 2.05) is 0 Å². The average molecular weight is 499 g/mol. The van der Waals surface area contributed by atoms with Crippen molar-refractivity contribution in [2.45, 2.75) is 17.7 Å². The van der Waals surface area contributed by atoms with Crippen LogP contribution < -0.4 is 16.2 Å². The van der Waals surface area contributed by atoms with E-state index in [1.165, 1.54) is 46.8 Å². The summed E-state index contributed by atoms with van der Waals surface area (Å²) in [7, 11) is -3.58. The van der Waals surface area contributed by atoms with Gasteiger partial charge in [-0.3, -0.25) is 25.2 Å². The molecular formula is C20H20Cl2N4O5S. The fourth-order valence-electron chi connectivity index (χ4n) is 3.03. The standard InChI is InChI=1S/C20H20Cl2N4O5S/c21-14-5-8-16(17(22)11-14)20(29)23-12-18(27)24-25-19(28)13-3-6-15(7-4-13)32(30,31)26-9-1-2-10-26/h3-8,11H,1-2,9-10,12H2,(H,23,29)(H,24,27)(H,25,28). The molecule has 12 heteroatoms. The van der Waals surface area contributed by atoms with Crippen LogP contribution in [0.1, 0.15) is 33.6 Å². The Hall–Kier alpha value is -2.66. The fourth-order valence-corrected chi connectivity index (χ4v) is 5.04. The molecule has 1 saturated heterocycles. The molecule has 0 atom stereocenters. The number of hydrogen-bond donors (Lipinski definition) is 3. The van der Waals surface area contributed by atoms with E-state index in [0.29, 0.717) is 18.1 Å². The monoisotopic (exact) mass is 498 g/mol. The van der Waals surface area contributed by atoms with Crippen molar-refractivity contribution in [1.29, 1.82) is 0 Å². The number of benzene rings is 2. The van der Waals surface area contributed by atoms with Crippen LogP contribution in [0.2, 0.25) is 10.0 Å². The molecule has 0 radical (unpaired) electrons. The molecule has 0 saturated carbocycles. The Morgan fingerprint density at radius 2 is 1.56 bits per heavy atom. The van der Waals surface area contributed by atoms with E-state index in [4.69, 9.17) is 23.2 Å². The van der Waals surface area contributed by atoms with Gasteiger partial charge in [0.05, 0.1) is 22.0 Å². The van der Waals surface area contributed by atoms with Crippen molar-refractivity contribution in [3.63, 3.8) is 0 Å². The molecule has 32 heavy (non-hydrogen) atoms. The third-order valence-electron chi connectivity index (χ3n) is 4.72. The minimum atomic E-state index is -3.58. The zero-order valence-electron chi connectivity index (χ0n) is 16.7. The van der Waals surface area contributed by atoms with Crippen LogP contribution in [0.15, 0.2) is 47.4 Å². The van der Waals surface area contributed by atoms with Crippen molar-refractivity contribution in [3.8, 4) is 0 Å². The fraction of sp³-hybridized carbons (Fsp3) is 0.250. The summed E-state index contributed by atoms with van der Waals surface area (Å²) in [5, 5.41) is 2.88. The molecule has 1 aliphatic rings. The average Bonchev–Trinajstić information content (AvgIpc) is 3.32. The predicted octanol–water partition coefficient (Wildman–Crippen LogP) is 1.97. The molecule has 2 aromatic rings. The first-order chi connectivity index (χ1) is 15.2. The van der Waals surface area contributed by atoms with Crippen LogP contribution in [0.25, 0.3) is 0 Å². The van der Waals surface area contributed by atoms with Crippen molar-refractivity contribution in [2.24, 2.45) is 0 Å². The highest BCUT2D eigenvalue weighted by molar-refractivity contribution is 7.89. The van der Waals surface area contributed by atoms with Crippen LogP contribution in [0.5, 0.6) is 0 Å². The molecule has 2 aromatic carbocycles. The van der Waals surface area contributed by atoms with E-state index < -0.39 is 34.3 Å². The molecule has 3 rings (SSSR count). The molecule has 3 N–H and O–H groups in total. The summed E-state index contributed by atoms with van der Waals surface area (Å²) in [6.07, 6.45) is 1.65. The molecule has 0 aliphatic carbocycles. The Bertz CT molecular complexity index is 1130. The van der Waals surface area contributed by atoms with Gasteiger partial charge in [0.1, 0.15) is 0 Å². The van der Waals surface area contributed by atoms with Crippen LogP contribution in [0, 0.1) is 0 Å². The number of carbonyl (C=O) groups is 3. The quantitative estimate of drug-likeness (QED) is 0.525. The number of hydrogen-bond acceptors (Lipinski definition) is 5. The second kappa shape index (κ2) is 10.3. The Kier molecular flexibility index (Phi) is 7.73. The van der Waals surface area contributed by atoms with Gasteiger partial charge in [0.25, 0.3) is 17.7 Å². The Balaban J connectivity index is 1.49. The zero-order chi connectivity index (χ0) is 23.3. The number of nitrogens with zero attached hydrogens (tertiary/aromatic N) is 1. The maximum atomic E-state index is 12.5. The molecule has 1 fully saturated rings. The first-order valence-electron chi connectivity index (χ1n) is 9.61. The number of carbonyl (C=O) groups excluding carboxylic acids is 3. The topological polar surface area (TPSA) is 125 Å². The summed E-state index contributed by atoms with van der Waals surface area (Å²) >= 11 is 11.7. The Labute approximate surface area is 195 Å². The normalized spacial score (nSPS) is 14.1. The molecule has 0 spiro atoms. The first-order valence-corrected chi connectivity index (χ1v) is 11.8. The van der Waals surface area contributed by atoms with Gasteiger partial charge in [-0.25, -0.2) is 8.42 Å². The Morgan fingerprint density at radius 1 is 0.906 bits per heavy atom. The van der Waals surface area contributed by atoms with Crippen LogP contribution in [-0.2, 0) is 14.8 Å². The second-order valence-electron chi connectivity index (χ2n) is 6.94. The van der Waals surface area contributed by atoms with E-state index in [0.717, 1.165) is 12.8 Å². The summed E-state index contributed by atoms with van der Waals surface area (Å²) in [6, 6.07) is 9.72. The van der Waals surface area contributed by atoms with Crippen molar-refractivity contribution in [2.75, 3.05) is 19.6 Å². The molecule has 1 aliphatic heterocycles. The van der Waals surface area contributed by atoms with Crippen molar-refractivity contribution >= 4 is 50.9 Å². The van der Waals surface area contributed by atoms with Gasteiger partial charge in [-0.05, 0) is 55.3 Å². The van der Waals surface area contributed by atoms with Gasteiger partial charge < -0.3 is 5.32 Å². The third-order valence-corrected chi connectivity index (χ3v) is 7.18. The van der Waals surface area contributed by atoms with Crippen LogP contribution in [-0.4, -0.2) is 50.1 Å². The first kappa shape index (κ1) is 24.0. The molecule has 3 amide bonds. The summed E-state index contributed by atoms with van der Waals surface area (Å²) in [4.78, 5) is 36.3. The maximum Gasteiger partial charge on any atom is 0.269 e. The zero-order valence-corrected chi connectivity index (χ0v) is 19.1. The predicted molar refractivity (Wildman–Crippen MR) is 119 cm³/mol. The van der Waals surface area contributed by atoms with Crippen LogP contribution in [0.3, 0.4) is 0 Å². The van der Waals surface area contributed by atoms with Crippen LogP contribution in [0.4, 0.5) is 0 Å². The highest BCUT2D eigenvalue weighted by Crippen LogP contribution is 2.21. The molecule has 170 valence electrons. The second-order valence-corrected chi connectivity index (χ2v) is 9.73. The van der Waals surface area contributed by atoms with Crippen molar-refractivity contribution in [1.82, 2.24) is 20.5 Å². The maximum absolute atomic E-state index is 12.5. The molecule has 1 heterocycles. The van der Waals surface area contributed by atoms with Gasteiger partial charge in [0.2, 0.25) is 10.0 Å². The van der Waals surface area contributed by atoms with E-state index in [2.05, 4.69) is 16.2 Å². The number of nitrogens with one attached hydrogen (secondary N) is 3. The minimum absolute atomic E-state index is 0.101. The molecule has 0 unspecified atom stereocenters. The summed E-state index contributed by atoms with van der Waals surface area (Å²) < 4.78 is 26.4. The van der Waals surface area contributed by atoms with E-state index in [-0.39, 0.29) is 21.0 Å². The van der Waals surface area contributed by atoms with Gasteiger partial charge in [0, 0.05) is 23.7 Å². The molecular weight excluding hydrogens is 479 g/mol.